The molecule has 182 valence electrons. The van der Waals surface area contributed by atoms with Crippen LogP contribution in [0.5, 0.6) is 17.2 Å². The summed E-state index contributed by atoms with van der Waals surface area (Å²) in [6.45, 7) is 0.0557. The molecule has 0 radical (unpaired) electrons. The van der Waals surface area contributed by atoms with E-state index in [-0.39, 0.29) is 12.4 Å². The molecule has 2 N–H and O–H groups in total. The maximum absolute atomic E-state index is 12.0. The summed E-state index contributed by atoms with van der Waals surface area (Å²) in [4.78, 5) is 35.4. The van der Waals surface area contributed by atoms with E-state index >= 15 is 0 Å². The number of amides is 2. The van der Waals surface area contributed by atoms with E-state index in [9.17, 15) is 14.4 Å². The van der Waals surface area contributed by atoms with Gasteiger partial charge in [0.15, 0.2) is 11.5 Å². The number of hydrazone groups is 1. The van der Waals surface area contributed by atoms with Gasteiger partial charge in [-0.2, -0.15) is 5.10 Å². The third-order valence-electron chi connectivity index (χ3n) is 4.54. The normalized spacial score (nSPS) is 10.5. The highest BCUT2D eigenvalue weighted by atomic mass is 16.5. The molecule has 0 spiro atoms. The molecule has 1 heterocycles. The molecule has 3 rings (SSSR count). The average Bonchev–Trinajstić information content (AvgIpc) is 3.36. The molecule has 0 fully saturated rings. The van der Waals surface area contributed by atoms with Crippen molar-refractivity contribution in [2.75, 3.05) is 26.6 Å². The molecule has 0 unspecified atom stereocenters. The van der Waals surface area contributed by atoms with Crippen molar-refractivity contribution in [3.63, 3.8) is 0 Å². The lowest BCUT2D eigenvalue weighted by Gasteiger charge is -2.10. The van der Waals surface area contributed by atoms with E-state index in [1.807, 2.05) is 0 Å². The van der Waals surface area contributed by atoms with Crippen molar-refractivity contribution < 1.29 is 37.7 Å². The second kappa shape index (κ2) is 11.9. The lowest BCUT2D eigenvalue weighted by Crippen LogP contribution is -2.32. The van der Waals surface area contributed by atoms with Gasteiger partial charge in [0, 0.05) is 5.69 Å². The summed E-state index contributed by atoms with van der Waals surface area (Å²) in [5.41, 5.74) is 3.18. The number of benzene rings is 2. The van der Waals surface area contributed by atoms with Gasteiger partial charge >= 0.3 is 17.8 Å². The van der Waals surface area contributed by atoms with E-state index < -0.39 is 17.8 Å². The SMILES string of the molecule is COC(=O)c1ccc(COc2ccc(/C=N/NC(=O)C(=O)Nc3ccc(OC)cc3)cc2OC)o1. The van der Waals surface area contributed by atoms with Crippen molar-refractivity contribution in [1.82, 2.24) is 5.43 Å². The van der Waals surface area contributed by atoms with Gasteiger partial charge in [-0.15, -0.1) is 0 Å². The lowest BCUT2D eigenvalue weighted by molar-refractivity contribution is -0.136. The van der Waals surface area contributed by atoms with E-state index in [0.717, 1.165) is 0 Å². The number of methoxy groups -OCH3 is 3. The van der Waals surface area contributed by atoms with Crippen LogP contribution in [0.3, 0.4) is 0 Å². The molecular weight excluding hydrogens is 458 g/mol. The van der Waals surface area contributed by atoms with Crippen molar-refractivity contribution in [3.8, 4) is 17.2 Å². The molecule has 1 aromatic heterocycles. The molecule has 0 bridgehead atoms. The highest BCUT2D eigenvalue weighted by Gasteiger charge is 2.14. The number of rotatable bonds is 9. The Hall–Kier alpha value is -4.80. The van der Waals surface area contributed by atoms with Crippen molar-refractivity contribution in [3.05, 3.63) is 71.7 Å². The highest BCUT2D eigenvalue weighted by Crippen LogP contribution is 2.28. The van der Waals surface area contributed by atoms with Crippen molar-refractivity contribution in [1.29, 1.82) is 0 Å². The molecule has 35 heavy (non-hydrogen) atoms. The van der Waals surface area contributed by atoms with Crippen LogP contribution in [0.2, 0.25) is 0 Å². The molecule has 3 aromatic rings. The molecule has 0 aliphatic carbocycles. The first-order valence-electron chi connectivity index (χ1n) is 10.2. The molecule has 11 nitrogen and oxygen atoms in total. The zero-order chi connectivity index (χ0) is 25.2. The van der Waals surface area contributed by atoms with Gasteiger partial charge in [0.25, 0.3) is 0 Å². The fraction of sp³-hybridized carbons (Fsp3) is 0.167. The Morgan fingerprint density at radius 1 is 0.914 bits per heavy atom. The second-order valence-corrected chi connectivity index (χ2v) is 6.84. The first kappa shape index (κ1) is 24.8. The Morgan fingerprint density at radius 2 is 1.69 bits per heavy atom. The van der Waals surface area contributed by atoms with E-state index in [1.54, 1.807) is 48.5 Å². The molecule has 11 heteroatoms. The lowest BCUT2D eigenvalue weighted by atomic mass is 10.2. The maximum atomic E-state index is 12.0. The third kappa shape index (κ3) is 6.84. The quantitative estimate of drug-likeness (QED) is 0.206. The molecule has 0 aliphatic heterocycles. The van der Waals surface area contributed by atoms with Gasteiger partial charge in [0.2, 0.25) is 5.76 Å². The Labute approximate surface area is 200 Å². The van der Waals surface area contributed by atoms with E-state index in [0.29, 0.717) is 34.3 Å². The maximum Gasteiger partial charge on any atom is 0.373 e. The number of hydrogen-bond donors (Lipinski definition) is 2. The Kier molecular flexibility index (Phi) is 8.43. The molecule has 0 atom stereocenters. The Balaban J connectivity index is 1.54. The van der Waals surface area contributed by atoms with Gasteiger partial charge in [0.05, 0.1) is 27.5 Å². The van der Waals surface area contributed by atoms with Crippen LogP contribution >= 0.6 is 0 Å². The standard InChI is InChI=1S/C24H23N3O8/c1-31-17-7-5-16(6-8-17)26-22(28)23(29)27-25-13-15-4-10-19(21(12-15)32-2)34-14-18-9-11-20(35-18)24(30)33-3/h4-13H,14H2,1-3H3,(H,26,28)(H,27,29)/b25-13+. The average molecular weight is 481 g/mol. The summed E-state index contributed by atoms with van der Waals surface area (Å²) in [7, 11) is 4.26. The smallest absolute Gasteiger partial charge is 0.373 e. The van der Waals surface area contributed by atoms with Crippen molar-refractivity contribution >= 4 is 29.7 Å². The molecule has 2 amide bonds. The number of hydrogen-bond acceptors (Lipinski definition) is 9. The number of carbonyl (C=O) groups is 3. The first-order chi connectivity index (χ1) is 16.9. The van der Waals surface area contributed by atoms with Gasteiger partial charge in [-0.1, -0.05) is 0 Å². The van der Waals surface area contributed by atoms with Crippen LogP contribution in [0.25, 0.3) is 0 Å². The van der Waals surface area contributed by atoms with Crippen LogP contribution in [0, 0.1) is 0 Å². The predicted molar refractivity (Wildman–Crippen MR) is 125 cm³/mol. The number of nitrogens with zero attached hydrogens (tertiary/aromatic N) is 1. The number of esters is 1. The predicted octanol–water partition coefficient (Wildman–Crippen LogP) is 2.75. The molecule has 0 saturated heterocycles. The third-order valence-corrected chi connectivity index (χ3v) is 4.54. The molecule has 0 saturated carbocycles. The molecular formula is C24H23N3O8. The minimum Gasteiger partial charge on any atom is -0.497 e. The van der Waals surface area contributed by atoms with Gasteiger partial charge in [0.1, 0.15) is 18.1 Å². The fourth-order valence-electron chi connectivity index (χ4n) is 2.78. The highest BCUT2D eigenvalue weighted by molar-refractivity contribution is 6.39. The minimum atomic E-state index is -0.936. The van der Waals surface area contributed by atoms with Crippen LogP contribution in [0.15, 0.2) is 64.1 Å². The van der Waals surface area contributed by atoms with Gasteiger partial charge < -0.3 is 28.7 Å². The number of carbonyl (C=O) groups excluding carboxylic acids is 3. The number of ether oxygens (including phenoxy) is 4. The van der Waals surface area contributed by atoms with E-state index in [2.05, 4.69) is 20.6 Å². The van der Waals surface area contributed by atoms with Crippen molar-refractivity contribution in [2.45, 2.75) is 6.61 Å². The number of anilines is 1. The van der Waals surface area contributed by atoms with Crippen molar-refractivity contribution in [2.24, 2.45) is 5.10 Å². The number of furan rings is 1. The van der Waals surface area contributed by atoms with Crippen LogP contribution in [0.1, 0.15) is 21.9 Å². The van der Waals surface area contributed by atoms with Crippen LogP contribution < -0.4 is 25.0 Å². The molecule has 0 aliphatic rings. The second-order valence-electron chi connectivity index (χ2n) is 6.84. The zero-order valence-corrected chi connectivity index (χ0v) is 19.2. The first-order valence-corrected chi connectivity index (χ1v) is 10.2. The van der Waals surface area contributed by atoms with Crippen LogP contribution in [-0.2, 0) is 20.9 Å². The summed E-state index contributed by atoms with van der Waals surface area (Å²) < 4.78 is 26.0. The van der Waals surface area contributed by atoms with Gasteiger partial charge in [-0.05, 0) is 60.2 Å². The van der Waals surface area contributed by atoms with E-state index in [1.165, 1.54) is 33.6 Å². The minimum absolute atomic E-state index is 0.0557. The topological polar surface area (TPSA) is 138 Å². The van der Waals surface area contributed by atoms with Gasteiger partial charge in [-0.3, -0.25) is 9.59 Å². The summed E-state index contributed by atoms with van der Waals surface area (Å²) >= 11 is 0. The molecule has 2 aromatic carbocycles. The largest absolute Gasteiger partial charge is 0.497 e. The summed E-state index contributed by atoms with van der Waals surface area (Å²) in [5, 5.41) is 6.25. The Morgan fingerprint density at radius 3 is 2.37 bits per heavy atom. The van der Waals surface area contributed by atoms with Gasteiger partial charge in [-0.25, -0.2) is 10.2 Å². The zero-order valence-electron chi connectivity index (χ0n) is 19.2. The van der Waals surface area contributed by atoms with E-state index in [4.69, 9.17) is 18.6 Å². The summed E-state index contributed by atoms with van der Waals surface area (Å²) in [6.07, 6.45) is 1.35. The fourth-order valence-corrected chi connectivity index (χ4v) is 2.78. The summed E-state index contributed by atoms with van der Waals surface area (Å²) in [5.74, 6) is -0.449. The van der Waals surface area contributed by atoms with Crippen LogP contribution in [0.4, 0.5) is 5.69 Å². The van der Waals surface area contributed by atoms with Crippen LogP contribution in [-0.4, -0.2) is 45.3 Å². The Bertz CT molecular complexity index is 1220. The monoisotopic (exact) mass is 481 g/mol. The summed E-state index contributed by atoms with van der Waals surface area (Å²) in [6, 6.07) is 14.6. The number of nitrogens with one attached hydrogen (secondary N) is 2.